The highest BCUT2D eigenvalue weighted by Crippen LogP contribution is 2.27. The average molecular weight is 347 g/mol. The summed E-state index contributed by atoms with van der Waals surface area (Å²) in [6, 6.07) is 6.17. The lowest BCUT2D eigenvalue weighted by atomic mass is 9.98. The van der Waals surface area contributed by atoms with Crippen molar-refractivity contribution in [3.8, 4) is 0 Å². The molecule has 3 aromatic rings. The van der Waals surface area contributed by atoms with E-state index in [2.05, 4.69) is 14.7 Å². The maximum Gasteiger partial charge on any atom is 0.229 e. The highest BCUT2D eigenvalue weighted by Gasteiger charge is 2.23. The molecule has 3 rings (SSSR count). The molecule has 0 aliphatic carbocycles. The number of anilines is 1. The number of ketones is 1. The van der Waals surface area contributed by atoms with E-state index in [9.17, 15) is 17.6 Å². The van der Waals surface area contributed by atoms with Crippen LogP contribution < -0.4 is 4.72 Å². The van der Waals surface area contributed by atoms with Gasteiger partial charge in [0, 0.05) is 23.3 Å². The Kier molecular flexibility index (Phi) is 3.84. The summed E-state index contributed by atoms with van der Waals surface area (Å²) >= 11 is 0. The van der Waals surface area contributed by atoms with Crippen LogP contribution in [0.3, 0.4) is 0 Å². The van der Waals surface area contributed by atoms with Gasteiger partial charge in [-0.1, -0.05) is 6.07 Å². The summed E-state index contributed by atoms with van der Waals surface area (Å²) in [4.78, 5) is 19.8. The summed E-state index contributed by atoms with van der Waals surface area (Å²) in [5, 5.41) is 0.572. The van der Waals surface area contributed by atoms with E-state index in [1.807, 2.05) is 0 Å². The molecule has 2 heterocycles. The minimum Gasteiger partial charge on any atom is -0.345 e. The van der Waals surface area contributed by atoms with Gasteiger partial charge in [-0.25, -0.2) is 17.8 Å². The highest BCUT2D eigenvalue weighted by atomic mass is 32.2. The fourth-order valence-corrected chi connectivity index (χ4v) is 3.07. The third-order valence-corrected chi connectivity index (χ3v) is 4.16. The normalized spacial score (nSPS) is 11.6. The Hall–Kier alpha value is -2.74. The number of carbonyl (C=O) groups excluding carboxylic acids is 1. The predicted octanol–water partition coefficient (Wildman–Crippen LogP) is 2.61. The van der Waals surface area contributed by atoms with Gasteiger partial charge in [-0.3, -0.25) is 9.52 Å². The maximum absolute atomic E-state index is 14.7. The number of nitrogens with one attached hydrogen (secondary N) is 2. The number of aromatic amines is 1. The number of sulfonamides is 1. The summed E-state index contributed by atoms with van der Waals surface area (Å²) in [5.41, 5.74) is 0.772. The second kappa shape index (κ2) is 5.72. The van der Waals surface area contributed by atoms with E-state index in [0.29, 0.717) is 16.6 Å². The second-order valence-electron chi connectivity index (χ2n) is 5.42. The Morgan fingerprint density at radius 2 is 2.04 bits per heavy atom. The Bertz CT molecular complexity index is 1060. The first-order chi connectivity index (χ1) is 11.3. The molecule has 0 atom stereocenters. The van der Waals surface area contributed by atoms with Gasteiger partial charge in [0.05, 0.1) is 17.5 Å². The quantitative estimate of drug-likeness (QED) is 0.710. The van der Waals surface area contributed by atoms with Gasteiger partial charge in [-0.15, -0.1) is 0 Å². The molecule has 0 radical (unpaired) electrons. The van der Waals surface area contributed by atoms with Crippen molar-refractivity contribution in [1.29, 1.82) is 0 Å². The number of nitrogens with zero attached hydrogens (tertiary/aromatic N) is 1. The molecule has 0 saturated carbocycles. The highest BCUT2D eigenvalue weighted by molar-refractivity contribution is 7.92. The van der Waals surface area contributed by atoms with Crippen LogP contribution in [-0.2, 0) is 10.0 Å². The number of rotatable bonds is 4. The molecule has 8 heteroatoms. The molecular weight excluding hydrogens is 333 g/mol. The molecule has 0 unspecified atom stereocenters. The van der Waals surface area contributed by atoms with Crippen LogP contribution in [0.25, 0.3) is 11.0 Å². The van der Waals surface area contributed by atoms with Gasteiger partial charge in [-0.05, 0) is 30.7 Å². The van der Waals surface area contributed by atoms with Gasteiger partial charge in [0.15, 0.2) is 11.6 Å². The molecule has 24 heavy (non-hydrogen) atoms. The predicted molar refractivity (Wildman–Crippen MR) is 89.1 cm³/mol. The molecule has 0 amide bonds. The molecule has 0 saturated heterocycles. The summed E-state index contributed by atoms with van der Waals surface area (Å²) in [6.45, 7) is 1.59. The third-order valence-electron chi connectivity index (χ3n) is 3.57. The van der Waals surface area contributed by atoms with Gasteiger partial charge in [-0.2, -0.15) is 0 Å². The maximum atomic E-state index is 14.7. The fraction of sp³-hybridized carbons (Fsp3) is 0.125. The fourth-order valence-electron chi connectivity index (χ4n) is 2.51. The number of aromatic nitrogens is 2. The van der Waals surface area contributed by atoms with Crippen molar-refractivity contribution in [1.82, 2.24) is 9.97 Å². The van der Waals surface area contributed by atoms with Crippen molar-refractivity contribution >= 4 is 32.5 Å². The van der Waals surface area contributed by atoms with Gasteiger partial charge in [0.1, 0.15) is 5.65 Å². The van der Waals surface area contributed by atoms with E-state index in [1.165, 1.54) is 18.3 Å². The van der Waals surface area contributed by atoms with Crippen LogP contribution in [0.1, 0.15) is 21.5 Å². The van der Waals surface area contributed by atoms with E-state index in [0.717, 1.165) is 6.26 Å². The van der Waals surface area contributed by atoms with Crippen molar-refractivity contribution < 1.29 is 17.6 Å². The molecule has 2 N–H and O–H groups in total. The molecule has 1 aromatic carbocycles. The van der Waals surface area contributed by atoms with Crippen LogP contribution in [0.2, 0.25) is 0 Å². The van der Waals surface area contributed by atoms with E-state index in [-0.39, 0.29) is 16.8 Å². The van der Waals surface area contributed by atoms with Crippen LogP contribution in [0, 0.1) is 12.7 Å². The van der Waals surface area contributed by atoms with Gasteiger partial charge in [0.25, 0.3) is 0 Å². The van der Waals surface area contributed by atoms with Crippen LogP contribution >= 0.6 is 0 Å². The van der Waals surface area contributed by atoms with Crippen molar-refractivity contribution in [3.63, 3.8) is 0 Å². The number of pyridine rings is 1. The largest absolute Gasteiger partial charge is 0.345 e. The zero-order valence-electron chi connectivity index (χ0n) is 12.9. The SMILES string of the molecule is Cc1ccc(NS(C)(=O)=O)c(F)c1C(=O)c1c[nH]c2ncccc12. The van der Waals surface area contributed by atoms with Crippen LogP contribution in [0.5, 0.6) is 0 Å². The van der Waals surface area contributed by atoms with E-state index >= 15 is 0 Å². The summed E-state index contributed by atoms with van der Waals surface area (Å²) in [6.07, 6.45) is 3.96. The standard InChI is InChI=1S/C16H14FN3O3S/c1-9-5-6-12(20-24(2,22)23)14(17)13(9)15(21)11-8-19-16-10(11)4-3-7-18-16/h3-8,20H,1-2H3,(H,18,19). The zero-order valence-corrected chi connectivity index (χ0v) is 13.7. The Labute approximate surface area is 137 Å². The molecule has 124 valence electrons. The van der Waals surface area contributed by atoms with Crippen molar-refractivity contribution in [2.45, 2.75) is 6.92 Å². The molecule has 0 spiro atoms. The summed E-state index contributed by atoms with van der Waals surface area (Å²) < 4.78 is 39.5. The van der Waals surface area contributed by atoms with Gasteiger partial charge >= 0.3 is 0 Å². The first-order valence-corrected chi connectivity index (χ1v) is 8.91. The van der Waals surface area contributed by atoms with Crippen LogP contribution in [-0.4, -0.2) is 30.4 Å². The summed E-state index contributed by atoms with van der Waals surface area (Å²) in [7, 11) is -3.66. The lowest BCUT2D eigenvalue weighted by Crippen LogP contribution is -2.14. The third kappa shape index (κ3) is 2.88. The van der Waals surface area contributed by atoms with Crippen LogP contribution in [0.4, 0.5) is 10.1 Å². The molecule has 0 bridgehead atoms. The lowest BCUT2D eigenvalue weighted by molar-refractivity contribution is 0.103. The molecule has 2 aromatic heterocycles. The van der Waals surface area contributed by atoms with Gasteiger partial charge < -0.3 is 4.98 Å². The number of carbonyl (C=O) groups is 1. The van der Waals surface area contributed by atoms with Gasteiger partial charge in [0.2, 0.25) is 10.0 Å². The van der Waals surface area contributed by atoms with Crippen molar-refractivity contribution in [2.24, 2.45) is 0 Å². The van der Waals surface area contributed by atoms with E-state index < -0.39 is 21.6 Å². The number of H-pyrrole nitrogens is 1. The smallest absolute Gasteiger partial charge is 0.229 e. The number of hydrogen-bond donors (Lipinski definition) is 2. The second-order valence-corrected chi connectivity index (χ2v) is 7.17. The lowest BCUT2D eigenvalue weighted by Gasteiger charge is -2.11. The first kappa shape index (κ1) is 16.1. The monoisotopic (exact) mass is 347 g/mol. The number of aryl methyl sites for hydroxylation is 1. The van der Waals surface area contributed by atoms with Crippen LogP contribution in [0.15, 0.2) is 36.7 Å². The number of benzene rings is 1. The number of fused-ring (bicyclic) bond motifs is 1. The molecule has 0 fully saturated rings. The molecule has 6 nitrogen and oxygen atoms in total. The molecular formula is C16H14FN3O3S. The average Bonchev–Trinajstić information content (AvgIpc) is 2.93. The topological polar surface area (TPSA) is 91.9 Å². The minimum absolute atomic E-state index is 0.173. The molecule has 0 aliphatic rings. The van der Waals surface area contributed by atoms with E-state index in [4.69, 9.17) is 0 Å². The molecule has 0 aliphatic heterocycles. The first-order valence-electron chi connectivity index (χ1n) is 7.01. The Morgan fingerprint density at radius 3 is 2.75 bits per heavy atom. The van der Waals surface area contributed by atoms with E-state index in [1.54, 1.807) is 25.3 Å². The summed E-state index contributed by atoms with van der Waals surface area (Å²) in [5.74, 6) is -1.44. The number of halogens is 1. The Morgan fingerprint density at radius 1 is 1.29 bits per heavy atom. The van der Waals surface area contributed by atoms with Crippen molar-refractivity contribution in [3.05, 3.63) is 59.2 Å². The van der Waals surface area contributed by atoms with Crippen molar-refractivity contribution in [2.75, 3.05) is 11.0 Å². The number of hydrogen-bond acceptors (Lipinski definition) is 4. The zero-order chi connectivity index (χ0) is 17.5. The Balaban J connectivity index is 2.15. The minimum atomic E-state index is -3.66.